The smallest absolute Gasteiger partial charge is 0.338 e. The summed E-state index contributed by atoms with van der Waals surface area (Å²) in [4.78, 5) is 24.5. The second-order valence-corrected chi connectivity index (χ2v) is 4.71. The van der Waals surface area contributed by atoms with E-state index >= 15 is 0 Å². The van der Waals surface area contributed by atoms with E-state index in [-0.39, 0.29) is 17.2 Å². The molecule has 0 radical (unpaired) electrons. The first-order valence-corrected chi connectivity index (χ1v) is 6.06. The van der Waals surface area contributed by atoms with E-state index in [1.54, 1.807) is 7.05 Å². The van der Waals surface area contributed by atoms with Crippen LogP contribution in [0.15, 0.2) is 34.9 Å². The van der Waals surface area contributed by atoms with Crippen molar-refractivity contribution in [2.45, 2.75) is 13.8 Å². The number of carbonyl (C=O) groups is 2. The van der Waals surface area contributed by atoms with Crippen molar-refractivity contribution in [2.24, 2.45) is 0 Å². The van der Waals surface area contributed by atoms with Crippen LogP contribution in [0.1, 0.15) is 32.0 Å². The SMILES string of the molecule is Cc1cc(C)cc(N(C)C(=O)c2cc(C(=O)O)co2)c1. The van der Waals surface area contributed by atoms with Crippen LogP contribution in [0.25, 0.3) is 0 Å². The van der Waals surface area contributed by atoms with Crippen LogP contribution in [0.4, 0.5) is 5.69 Å². The molecule has 0 aliphatic heterocycles. The van der Waals surface area contributed by atoms with E-state index < -0.39 is 5.97 Å². The molecule has 0 aliphatic carbocycles. The van der Waals surface area contributed by atoms with Gasteiger partial charge in [-0.1, -0.05) is 6.07 Å². The van der Waals surface area contributed by atoms with E-state index in [0.29, 0.717) is 0 Å². The summed E-state index contributed by atoms with van der Waals surface area (Å²) in [6, 6.07) is 7.00. The highest BCUT2D eigenvalue weighted by molar-refractivity contribution is 6.05. The number of carbonyl (C=O) groups excluding carboxylic acids is 1. The molecule has 0 atom stereocenters. The average Bonchev–Trinajstić information content (AvgIpc) is 2.85. The summed E-state index contributed by atoms with van der Waals surface area (Å²) in [5.41, 5.74) is 2.79. The second kappa shape index (κ2) is 5.21. The zero-order chi connectivity index (χ0) is 14.9. The molecular weight excluding hydrogens is 258 g/mol. The fraction of sp³-hybridized carbons (Fsp3) is 0.200. The van der Waals surface area contributed by atoms with Crippen molar-refractivity contribution in [3.63, 3.8) is 0 Å². The molecule has 0 saturated carbocycles. The Kier molecular flexibility index (Phi) is 3.61. The second-order valence-electron chi connectivity index (χ2n) is 4.71. The number of carboxylic acids is 1. The molecule has 1 amide bonds. The lowest BCUT2D eigenvalue weighted by atomic mass is 10.1. The topological polar surface area (TPSA) is 70.8 Å². The monoisotopic (exact) mass is 273 g/mol. The first-order valence-electron chi connectivity index (χ1n) is 6.06. The van der Waals surface area contributed by atoms with E-state index in [1.807, 2.05) is 32.0 Å². The van der Waals surface area contributed by atoms with Crippen LogP contribution in [-0.4, -0.2) is 24.0 Å². The number of benzene rings is 1. The molecule has 2 aromatic rings. The van der Waals surface area contributed by atoms with Crippen molar-refractivity contribution in [3.8, 4) is 0 Å². The molecule has 0 aliphatic rings. The molecule has 1 aromatic heterocycles. The maximum Gasteiger partial charge on any atom is 0.338 e. The van der Waals surface area contributed by atoms with Crippen molar-refractivity contribution in [2.75, 3.05) is 11.9 Å². The van der Waals surface area contributed by atoms with Crippen LogP contribution in [0.2, 0.25) is 0 Å². The Hall–Kier alpha value is -2.56. The molecule has 20 heavy (non-hydrogen) atoms. The van der Waals surface area contributed by atoms with Crippen molar-refractivity contribution in [1.29, 1.82) is 0 Å². The molecule has 1 aromatic carbocycles. The van der Waals surface area contributed by atoms with Crippen molar-refractivity contribution < 1.29 is 19.1 Å². The summed E-state index contributed by atoms with van der Waals surface area (Å²) < 4.78 is 5.02. The molecule has 0 spiro atoms. The van der Waals surface area contributed by atoms with Gasteiger partial charge in [-0.05, 0) is 37.1 Å². The largest absolute Gasteiger partial charge is 0.478 e. The van der Waals surface area contributed by atoms with Crippen molar-refractivity contribution in [1.82, 2.24) is 0 Å². The third kappa shape index (κ3) is 2.71. The number of carboxylic acid groups (broad SMARTS) is 1. The maximum absolute atomic E-state index is 12.2. The van der Waals surface area contributed by atoms with E-state index in [0.717, 1.165) is 23.1 Å². The van der Waals surface area contributed by atoms with Gasteiger partial charge in [0.1, 0.15) is 6.26 Å². The number of rotatable bonds is 3. The van der Waals surface area contributed by atoms with Crippen LogP contribution in [0.3, 0.4) is 0 Å². The van der Waals surface area contributed by atoms with Gasteiger partial charge in [0.15, 0.2) is 5.76 Å². The van der Waals surface area contributed by atoms with Gasteiger partial charge in [-0.2, -0.15) is 0 Å². The minimum Gasteiger partial charge on any atom is -0.478 e. The number of anilines is 1. The maximum atomic E-state index is 12.2. The highest BCUT2D eigenvalue weighted by atomic mass is 16.4. The van der Waals surface area contributed by atoms with Gasteiger partial charge in [0.25, 0.3) is 5.91 Å². The van der Waals surface area contributed by atoms with E-state index in [2.05, 4.69) is 0 Å². The van der Waals surface area contributed by atoms with Crippen LogP contribution in [-0.2, 0) is 0 Å². The first-order chi connectivity index (χ1) is 9.38. The van der Waals surface area contributed by atoms with E-state index in [9.17, 15) is 9.59 Å². The minimum absolute atomic E-state index is 0.00376. The van der Waals surface area contributed by atoms with Gasteiger partial charge in [0.05, 0.1) is 5.56 Å². The van der Waals surface area contributed by atoms with Gasteiger partial charge in [-0.3, -0.25) is 4.79 Å². The number of furan rings is 1. The Morgan fingerprint density at radius 3 is 2.20 bits per heavy atom. The van der Waals surface area contributed by atoms with Gasteiger partial charge in [0.2, 0.25) is 0 Å². The van der Waals surface area contributed by atoms with Crippen LogP contribution in [0.5, 0.6) is 0 Å². The molecule has 0 saturated heterocycles. The summed E-state index contributed by atoms with van der Waals surface area (Å²) in [6.07, 6.45) is 1.06. The quantitative estimate of drug-likeness (QED) is 0.933. The molecule has 1 heterocycles. The highest BCUT2D eigenvalue weighted by Crippen LogP contribution is 2.20. The van der Waals surface area contributed by atoms with Gasteiger partial charge < -0.3 is 14.4 Å². The molecule has 0 unspecified atom stereocenters. The summed E-state index contributed by atoms with van der Waals surface area (Å²) in [5, 5.41) is 8.82. The average molecular weight is 273 g/mol. The fourth-order valence-electron chi connectivity index (χ4n) is 1.99. The minimum atomic E-state index is -1.12. The third-order valence-corrected chi connectivity index (χ3v) is 2.96. The summed E-state index contributed by atoms with van der Waals surface area (Å²) in [5.74, 6) is -1.51. The first kappa shape index (κ1) is 13.9. The Morgan fingerprint density at radius 1 is 1.10 bits per heavy atom. The molecule has 0 bridgehead atoms. The molecule has 104 valence electrons. The molecule has 2 rings (SSSR count). The zero-order valence-corrected chi connectivity index (χ0v) is 11.5. The Balaban J connectivity index is 2.29. The standard InChI is InChI=1S/C15H15NO4/c1-9-4-10(2)6-12(5-9)16(3)14(17)13-7-11(8-20-13)15(18)19/h4-8H,1-3H3,(H,18,19). The van der Waals surface area contributed by atoms with Crippen LogP contribution < -0.4 is 4.90 Å². The number of hydrogen-bond acceptors (Lipinski definition) is 3. The Morgan fingerprint density at radius 2 is 1.70 bits per heavy atom. The Bertz CT molecular complexity index is 652. The number of nitrogens with zero attached hydrogens (tertiary/aromatic N) is 1. The normalized spacial score (nSPS) is 10.3. The van der Waals surface area contributed by atoms with Gasteiger partial charge >= 0.3 is 5.97 Å². The van der Waals surface area contributed by atoms with Gasteiger partial charge in [-0.25, -0.2) is 4.79 Å². The lowest BCUT2D eigenvalue weighted by molar-refractivity contribution is 0.0696. The lowest BCUT2D eigenvalue weighted by Crippen LogP contribution is -2.25. The molecular formula is C15H15NO4. The number of amides is 1. The molecule has 5 nitrogen and oxygen atoms in total. The molecule has 5 heteroatoms. The summed E-state index contributed by atoms with van der Waals surface area (Å²) in [7, 11) is 1.62. The Labute approximate surface area is 116 Å². The van der Waals surface area contributed by atoms with E-state index in [1.165, 1.54) is 11.0 Å². The van der Waals surface area contributed by atoms with Crippen molar-refractivity contribution in [3.05, 3.63) is 53.0 Å². The van der Waals surface area contributed by atoms with Crippen LogP contribution >= 0.6 is 0 Å². The number of hydrogen-bond donors (Lipinski definition) is 1. The number of aryl methyl sites for hydroxylation is 2. The molecule has 0 fully saturated rings. The highest BCUT2D eigenvalue weighted by Gasteiger charge is 2.19. The molecule has 1 N–H and O–H groups in total. The predicted molar refractivity (Wildman–Crippen MR) is 74.3 cm³/mol. The fourth-order valence-corrected chi connectivity index (χ4v) is 1.99. The zero-order valence-electron chi connectivity index (χ0n) is 11.5. The summed E-state index contributed by atoms with van der Waals surface area (Å²) >= 11 is 0. The third-order valence-electron chi connectivity index (χ3n) is 2.96. The van der Waals surface area contributed by atoms with Gasteiger partial charge in [0, 0.05) is 18.8 Å². The van der Waals surface area contributed by atoms with E-state index in [4.69, 9.17) is 9.52 Å². The number of aromatic carboxylic acids is 1. The van der Waals surface area contributed by atoms with Gasteiger partial charge in [-0.15, -0.1) is 0 Å². The lowest BCUT2D eigenvalue weighted by Gasteiger charge is -2.17. The summed E-state index contributed by atoms with van der Waals surface area (Å²) in [6.45, 7) is 3.90. The van der Waals surface area contributed by atoms with Crippen molar-refractivity contribution >= 4 is 17.6 Å². The predicted octanol–water partition coefficient (Wildman–Crippen LogP) is 2.87. The van der Waals surface area contributed by atoms with Crippen LogP contribution in [0, 0.1) is 13.8 Å².